The van der Waals surface area contributed by atoms with Crippen molar-refractivity contribution in [3.8, 4) is 0 Å². The molecule has 6 heteroatoms. The van der Waals surface area contributed by atoms with Crippen molar-refractivity contribution in [1.82, 2.24) is 14.5 Å². The zero-order valence-electron chi connectivity index (χ0n) is 7.97. The molecule has 14 heavy (non-hydrogen) atoms. The molecule has 5 nitrogen and oxygen atoms in total. The molecule has 0 fully saturated rings. The Morgan fingerprint density at radius 1 is 1.64 bits per heavy atom. The van der Waals surface area contributed by atoms with Gasteiger partial charge in [-0.2, -0.15) is 5.10 Å². The van der Waals surface area contributed by atoms with Crippen LogP contribution in [0.25, 0.3) is 0 Å². The number of rotatable bonds is 2. The van der Waals surface area contributed by atoms with E-state index in [0.717, 1.165) is 25.1 Å². The molecule has 0 spiro atoms. The predicted octanol–water partition coefficient (Wildman–Crippen LogP) is -0.253. The maximum atomic E-state index is 11.0. The van der Waals surface area contributed by atoms with Crippen molar-refractivity contribution in [1.29, 1.82) is 0 Å². The second kappa shape index (κ2) is 3.36. The van der Waals surface area contributed by atoms with Gasteiger partial charge in [0.2, 0.25) is 10.0 Å². The lowest BCUT2D eigenvalue weighted by Crippen LogP contribution is -2.39. The van der Waals surface area contributed by atoms with E-state index in [2.05, 4.69) is 9.82 Å². The fraction of sp³-hybridized carbons (Fsp3) is 0.625. The minimum absolute atomic E-state index is 0.0224. The molecular weight excluding hydrogens is 202 g/mol. The first kappa shape index (κ1) is 9.67. The maximum absolute atomic E-state index is 11.0. The monoisotopic (exact) mass is 215 g/mol. The van der Waals surface area contributed by atoms with Gasteiger partial charge in [0.15, 0.2) is 0 Å². The quantitative estimate of drug-likeness (QED) is 0.739. The van der Waals surface area contributed by atoms with E-state index in [1.54, 1.807) is 6.20 Å². The summed E-state index contributed by atoms with van der Waals surface area (Å²) < 4.78 is 26.6. The van der Waals surface area contributed by atoms with E-state index in [1.807, 2.05) is 10.7 Å². The third-order valence-electron chi connectivity index (χ3n) is 2.33. The Morgan fingerprint density at radius 2 is 2.43 bits per heavy atom. The Morgan fingerprint density at radius 3 is 3.14 bits per heavy atom. The molecule has 1 atom stereocenters. The van der Waals surface area contributed by atoms with Crippen molar-refractivity contribution in [2.45, 2.75) is 25.4 Å². The molecule has 78 valence electrons. The Labute approximate surface area is 83.2 Å². The molecule has 0 radical (unpaired) electrons. The zero-order valence-corrected chi connectivity index (χ0v) is 8.79. The number of aryl methyl sites for hydroxylation is 1. The average Bonchev–Trinajstić information content (AvgIpc) is 2.47. The van der Waals surface area contributed by atoms with E-state index < -0.39 is 10.0 Å². The van der Waals surface area contributed by atoms with E-state index in [1.165, 1.54) is 6.26 Å². The SMILES string of the molecule is CS(=O)(=O)N[C@H]1CCn2nccc2C1. The standard InChI is InChI=1S/C8H13N3O2S/c1-14(12,13)10-7-3-5-11-8(6-7)2-4-9-11/h2,4,7,10H,3,5-6H2,1H3/t7-/m0/s1. The highest BCUT2D eigenvalue weighted by Gasteiger charge is 2.20. The van der Waals surface area contributed by atoms with E-state index in [-0.39, 0.29) is 6.04 Å². The van der Waals surface area contributed by atoms with Gasteiger partial charge in [0.05, 0.1) is 6.26 Å². The molecule has 0 aromatic carbocycles. The normalized spacial score (nSPS) is 21.9. The van der Waals surface area contributed by atoms with Gasteiger partial charge < -0.3 is 0 Å². The summed E-state index contributed by atoms with van der Waals surface area (Å²) >= 11 is 0. The van der Waals surface area contributed by atoms with Crippen LogP contribution in [0, 0.1) is 0 Å². The fourth-order valence-electron chi connectivity index (χ4n) is 1.77. The molecule has 1 aromatic heterocycles. The van der Waals surface area contributed by atoms with Gasteiger partial charge in [0.1, 0.15) is 0 Å². The lowest BCUT2D eigenvalue weighted by molar-refractivity contribution is 0.415. The van der Waals surface area contributed by atoms with Crippen LogP contribution in [0.4, 0.5) is 0 Å². The van der Waals surface area contributed by atoms with Gasteiger partial charge in [-0.15, -0.1) is 0 Å². The highest BCUT2D eigenvalue weighted by Crippen LogP contribution is 2.13. The van der Waals surface area contributed by atoms with Crippen LogP contribution in [-0.2, 0) is 23.0 Å². The number of hydrogen-bond acceptors (Lipinski definition) is 3. The second-order valence-corrected chi connectivity index (χ2v) is 5.41. The highest BCUT2D eigenvalue weighted by molar-refractivity contribution is 7.88. The smallest absolute Gasteiger partial charge is 0.208 e. The van der Waals surface area contributed by atoms with Crippen LogP contribution in [0.15, 0.2) is 12.3 Å². The van der Waals surface area contributed by atoms with E-state index in [4.69, 9.17) is 0 Å². The summed E-state index contributed by atoms with van der Waals surface area (Å²) in [5, 5.41) is 4.13. The Hall–Kier alpha value is -0.880. The summed E-state index contributed by atoms with van der Waals surface area (Å²) in [6, 6.07) is 1.95. The van der Waals surface area contributed by atoms with Gasteiger partial charge in [0, 0.05) is 30.9 Å². The summed E-state index contributed by atoms with van der Waals surface area (Å²) in [5.41, 5.74) is 1.09. The van der Waals surface area contributed by atoms with E-state index >= 15 is 0 Å². The summed E-state index contributed by atoms with van der Waals surface area (Å²) in [7, 11) is -3.09. The van der Waals surface area contributed by atoms with Crippen molar-refractivity contribution in [2.24, 2.45) is 0 Å². The van der Waals surface area contributed by atoms with Crippen LogP contribution in [0.2, 0.25) is 0 Å². The van der Waals surface area contributed by atoms with E-state index in [0.29, 0.717) is 0 Å². The van der Waals surface area contributed by atoms with Crippen LogP contribution in [0.5, 0.6) is 0 Å². The van der Waals surface area contributed by atoms with Crippen LogP contribution in [-0.4, -0.2) is 30.5 Å². The van der Waals surface area contributed by atoms with Gasteiger partial charge in [0.25, 0.3) is 0 Å². The lowest BCUT2D eigenvalue weighted by Gasteiger charge is -2.23. The molecule has 0 aliphatic carbocycles. The van der Waals surface area contributed by atoms with Crippen LogP contribution >= 0.6 is 0 Å². The summed E-state index contributed by atoms with van der Waals surface area (Å²) in [5.74, 6) is 0. The Bertz CT molecular complexity index is 424. The van der Waals surface area contributed by atoms with Gasteiger partial charge >= 0.3 is 0 Å². The number of sulfonamides is 1. The van der Waals surface area contributed by atoms with E-state index in [9.17, 15) is 8.42 Å². The Kier molecular flexibility index (Phi) is 2.32. The molecule has 0 saturated heterocycles. The predicted molar refractivity (Wildman–Crippen MR) is 52.3 cm³/mol. The minimum Gasteiger partial charge on any atom is -0.269 e. The Balaban J connectivity index is 2.08. The molecule has 0 bridgehead atoms. The lowest BCUT2D eigenvalue weighted by atomic mass is 10.1. The molecule has 0 amide bonds. The molecular formula is C8H13N3O2S. The molecule has 1 N–H and O–H groups in total. The topological polar surface area (TPSA) is 64.0 Å². The van der Waals surface area contributed by atoms with Gasteiger partial charge in [-0.25, -0.2) is 13.1 Å². The molecule has 2 rings (SSSR count). The summed E-state index contributed by atoms with van der Waals surface area (Å²) in [6.07, 6.45) is 4.48. The third-order valence-corrected chi connectivity index (χ3v) is 3.09. The third kappa shape index (κ3) is 2.13. The summed E-state index contributed by atoms with van der Waals surface area (Å²) in [6.45, 7) is 0.787. The minimum atomic E-state index is -3.09. The highest BCUT2D eigenvalue weighted by atomic mass is 32.2. The van der Waals surface area contributed by atoms with Crippen molar-refractivity contribution in [3.63, 3.8) is 0 Å². The van der Waals surface area contributed by atoms with Crippen molar-refractivity contribution < 1.29 is 8.42 Å². The number of aromatic nitrogens is 2. The van der Waals surface area contributed by atoms with Crippen LogP contribution in [0.1, 0.15) is 12.1 Å². The average molecular weight is 215 g/mol. The largest absolute Gasteiger partial charge is 0.269 e. The van der Waals surface area contributed by atoms with Crippen molar-refractivity contribution in [3.05, 3.63) is 18.0 Å². The molecule has 0 unspecified atom stereocenters. The number of hydrogen-bond donors (Lipinski definition) is 1. The molecule has 1 aromatic rings. The second-order valence-electron chi connectivity index (χ2n) is 3.63. The first-order valence-corrected chi connectivity index (χ1v) is 6.42. The van der Waals surface area contributed by atoms with Crippen LogP contribution in [0.3, 0.4) is 0 Å². The van der Waals surface area contributed by atoms with Crippen LogP contribution < -0.4 is 4.72 Å². The molecule has 2 heterocycles. The van der Waals surface area contributed by atoms with Gasteiger partial charge in [-0.1, -0.05) is 0 Å². The maximum Gasteiger partial charge on any atom is 0.208 e. The van der Waals surface area contributed by atoms with Gasteiger partial charge in [-0.05, 0) is 12.5 Å². The first-order valence-electron chi connectivity index (χ1n) is 4.52. The van der Waals surface area contributed by atoms with Crippen molar-refractivity contribution in [2.75, 3.05) is 6.26 Å². The fourth-order valence-corrected chi connectivity index (χ4v) is 2.58. The molecule has 1 aliphatic rings. The van der Waals surface area contributed by atoms with Crippen molar-refractivity contribution >= 4 is 10.0 Å². The molecule has 1 aliphatic heterocycles. The zero-order chi connectivity index (χ0) is 10.2. The molecule has 0 saturated carbocycles. The number of nitrogens with one attached hydrogen (secondary N) is 1. The number of nitrogens with zero attached hydrogens (tertiary/aromatic N) is 2. The number of fused-ring (bicyclic) bond motifs is 1. The summed E-state index contributed by atoms with van der Waals surface area (Å²) in [4.78, 5) is 0. The van der Waals surface area contributed by atoms with Gasteiger partial charge in [-0.3, -0.25) is 4.68 Å². The first-order chi connectivity index (χ1) is 6.54.